The molecule has 7 heteroatoms. The van der Waals surface area contributed by atoms with E-state index in [2.05, 4.69) is 28.0 Å². The van der Waals surface area contributed by atoms with Gasteiger partial charge in [-0.1, -0.05) is 12.1 Å². The van der Waals surface area contributed by atoms with Gasteiger partial charge < -0.3 is 4.90 Å². The summed E-state index contributed by atoms with van der Waals surface area (Å²) >= 11 is 1.57. The van der Waals surface area contributed by atoms with Gasteiger partial charge in [0.1, 0.15) is 5.82 Å². The quantitative estimate of drug-likeness (QED) is 0.596. The zero-order valence-corrected chi connectivity index (χ0v) is 19.0. The maximum Gasteiger partial charge on any atom is 0.234 e. The molecule has 0 atom stereocenters. The predicted molar refractivity (Wildman–Crippen MR) is 127 cm³/mol. The smallest absolute Gasteiger partial charge is 0.234 e. The molecule has 2 amide bonds. The lowest BCUT2D eigenvalue weighted by Gasteiger charge is -2.36. The van der Waals surface area contributed by atoms with Crippen molar-refractivity contribution in [2.24, 2.45) is 0 Å². The Bertz CT molecular complexity index is 1180. The molecule has 3 aromatic rings. The molecular weight excluding hydrogens is 425 g/mol. The van der Waals surface area contributed by atoms with Crippen LogP contribution >= 0.6 is 11.3 Å². The maximum absolute atomic E-state index is 14.1. The van der Waals surface area contributed by atoms with Crippen LogP contribution in [-0.4, -0.2) is 49.4 Å². The van der Waals surface area contributed by atoms with E-state index in [9.17, 15) is 14.0 Å². The lowest BCUT2D eigenvalue weighted by Crippen LogP contribution is -2.47. The van der Waals surface area contributed by atoms with Crippen LogP contribution in [0.4, 0.5) is 15.8 Å². The Kier molecular flexibility index (Phi) is 5.69. The number of rotatable bonds is 4. The molecule has 1 fully saturated rings. The van der Waals surface area contributed by atoms with Crippen molar-refractivity contribution < 1.29 is 14.0 Å². The first-order valence-electron chi connectivity index (χ1n) is 11.1. The van der Waals surface area contributed by atoms with E-state index in [0.29, 0.717) is 12.8 Å². The molecule has 3 heterocycles. The topological polar surface area (TPSA) is 43.9 Å². The maximum atomic E-state index is 14.1. The predicted octanol–water partition coefficient (Wildman–Crippen LogP) is 4.23. The van der Waals surface area contributed by atoms with Crippen LogP contribution in [0.5, 0.6) is 0 Å². The zero-order valence-electron chi connectivity index (χ0n) is 18.1. The van der Waals surface area contributed by atoms with Crippen LogP contribution in [0.25, 0.3) is 10.1 Å². The van der Waals surface area contributed by atoms with E-state index in [1.807, 2.05) is 11.4 Å². The van der Waals surface area contributed by atoms with Gasteiger partial charge in [-0.25, -0.2) is 4.39 Å². The molecule has 0 bridgehead atoms. The number of fused-ring (bicyclic) bond motifs is 2. The van der Waals surface area contributed by atoms with Gasteiger partial charge in [-0.15, -0.1) is 11.3 Å². The summed E-state index contributed by atoms with van der Waals surface area (Å²) in [5, 5.41) is 3.15. The Balaban J connectivity index is 1.23. The van der Waals surface area contributed by atoms with Gasteiger partial charge in [-0.2, -0.15) is 0 Å². The van der Waals surface area contributed by atoms with Crippen molar-refractivity contribution in [1.29, 1.82) is 0 Å². The number of imide groups is 1. The van der Waals surface area contributed by atoms with Crippen LogP contribution < -0.4 is 9.80 Å². The van der Waals surface area contributed by atoms with Crippen molar-refractivity contribution in [3.05, 3.63) is 58.7 Å². The molecule has 2 aromatic carbocycles. The molecule has 0 N–H and O–H groups in total. The van der Waals surface area contributed by atoms with Crippen molar-refractivity contribution in [3.63, 3.8) is 0 Å². The summed E-state index contributed by atoms with van der Waals surface area (Å²) in [5.74, 6) is -0.514. The number of thiophene rings is 1. The first-order chi connectivity index (χ1) is 15.5. The fraction of sp³-hybridized carbons (Fsp3) is 0.360. The van der Waals surface area contributed by atoms with Crippen molar-refractivity contribution >= 4 is 44.6 Å². The van der Waals surface area contributed by atoms with Crippen molar-refractivity contribution in [2.75, 3.05) is 42.5 Å². The molecule has 2 aliphatic rings. The number of aryl methyl sites for hydroxylation is 1. The average molecular weight is 452 g/mol. The molecule has 32 heavy (non-hydrogen) atoms. The number of carbonyl (C=O) groups is 2. The summed E-state index contributed by atoms with van der Waals surface area (Å²) < 4.78 is 15.1. The number of piperazine rings is 1. The van der Waals surface area contributed by atoms with Gasteiger partial charge in [-0.05, 0) is 53.6 Å². The highest BCUT2D eigenvalue weighted by Crippen LogP contribution is 2.33. The highest BCUT2D eigenvalue weighted by atomic mass is 32.1. The molecule has 0 aliphatic carbocycles. The van der Waals surface area contributed by atoms with E-state index < -0.39 is 0 Å². The third kappa shape index (κ3) is 4.02. The van der Waals surface area contributed by atoms with E-state index in [1.54, 1.807) is 23.5 Å². The minimum Gasteiger partial charge on any atom is -0.368 e. The van der Waals surface area contributed by atoms with Gasteiger partial charge in [-0.3, -0.25) is 19.4 Å². The molecule has 0 radical (unpaired) electrons. The first kappa shape index (κ1) is 21.1. The van der Waals surface area contributed by atoms with Crippen molar-refractivity contribution in [1.82, 2.24) is 4.90 Å². The van der Waals surface area contributed by atoms with Crippen LogP contribution in [0.15, 0.2) is 41.8 Å². The van der Waals surface area contributed by atoms with Gasteiger partial charge in [0.2, 0.25) is 11.8 Å². The first-order valence-corrected chi connectivity index (χ1v) is 12.0. The molecule has 1 aromatic heterocycles. The molecule has 0 spiro atoms. The van der Waals surface area contributed by atoms with Crippen LogP contribution in [0.3, 0.4) is 0 Å². The monoisotopic (exact) mass is 451 g/mol. The molecule has 0 unspecified atom stereocenters. The van der Waals surface area contributed by atoms with Gasteiger partial charge in [0.05, 0.1) is 5.69 Å². The molecule has 5 nitrogen and oxygen atoms in total. The molecule has 1 saturated heterocycles. The van der Waals surface area contributed by atoms with Crippen LogP contribution in [0, 0.1) is 5.82 Å². The summed E-state index contributed by atoms with van der Waals surface area (Å²) in [5.41, 5.74) is 3.94. The van der Waals surface area contributed by atoms with Gasteiger partial charge in [0.25, 0.3) is 0 Å². The molecule has 2 aliphatic heterocycles. The highest BCUT2D eigenvalue weighted by Gasteiger charge is 2.27. The number of nitrogens with zero attached hydrogens (tertiary/aromatic N) is 3. The van der Waals surface area contributed by atoms with Gasteiger partial charge >= 0.3 is 0 Å². The normalized spacial score (nSPS) is 17.1. The van der Waals surface area contributed by atoms with E-state index >= 15 is 0 Å². The second-order valence-electron chi connectivity index (χ2n) is 8.55. The number of hydrogen-bond donors (Lipinski definition) is 0. The minimum absolute atomic E-state index is 0.115. The standard InChI is InChI=1S/C25H26FN3O2S/c1-17(30)29-22-14-18(2-3-19(22)4-5-25(29)31)6-8-27-9-11-28(12-10-27)23-15-20(26)16-24-21(23)7-13-32-24/h2-3,7,13-16H,4-6,8-12H2,1H3. The zero-order chi connectivity index (χ0) is 22.2. The molecular formula is C25H26FN3O2S. The SMILES string of the molecule is CC(=O)N1C(=O)CCc2ccc(CCN3CCN(c4cc(F)cc5sccc45)CC3)cc21. The lowest BCUT2D eigenvalue weighted by atomic mass is 9.98. The number of benzene rings is 2. The van der Waals surface area contributed by atoms with E-state index in [-0.39, 0.29) is 17.6 Å². The van der Waals surface area contributed by atoms with Gasteiger partial charge in [0, 0.05) is 61.8 Å². The second-order valence-corrected chi connectivity index (χ2v) is 9.49. The fourth-order valence-electron chi connectivity index (χ4n) is 4.80. The molecule has 5 rings (SSSR count). The number of halogens is 1. The van der Waals surface area contributed by atoms with Crippen LogP contribution in [0.1, 0.15) is 24.5 Å². The largest absolute Gasteiger partial charge is 0.368 e. The Labute approximate surface area is 191 Å². The summed E-state index contributed by atoms with van der Waals surface area (Å²) in [6.45, 7) is 5.94. The van der Waals surface area contributed by atoms with E-state index in [1.165, 1.54) is 11.8 Å². The average Bonchev–Trinajstić information content (AvgIpc) is 3.25. The number of hydrogen-bond acceptors (Lipinski definition) is 5. The Hall–Kier alpha value is -2.77. The van der Waals surface area contributed by atoms with Crippen molar-refractivity contribution in [2.45, 2.75) is 26.2 Å². The molecule has 0 saturated carbocycles. The number of amides is 2. The summed E-state index contributed by atoms with van der Waals surface area (Å²) in [7, 11) is 0. The summed E-state index contributed by atoms with van der Waals surface area (Å²) in [6.07, 6.45) is 1.94. The van der Waals surface area contributed by atoms with Crippen LogP contribution in [0.2, 0.25) is 0 Å². The fourth-order valence-corrected chi connectivity index (χ4v) is 5.63. The number of anilines is 2. The summed E-state index contributed by atoms with van der Waals surface area (Å²) in [4.78, 5) is 30.2. The van der Waals surface area contributed by atoms with Crippen LogP contribution in [-0.2, 0) is 22.4 Å². The minimum atomic E-state index is -0.221. The third-order valence-electron chi connectivity index (χ3n) is 6.51. The Morgan fingerprint density at radius 2 is 1.84 bits per heavy atom. The second kappa shape index (κ2) is 8.64. The molecule has 166 valence electrons. The highest BCUT2D eigenvalue weighted by molar-refractivity contribution is 7.17. The Morgan fingerprint density at radius 1 is 1.03 bits per heavy atom. The Morgan fingerprint density at radius 3 is 2.62 bits per heavy atom. The van der Waals surface area contributed by atoms with Gasteiger partial charge in [0.15, 0.2) is 0 Å². The van der Waals surface area contributed by atoms with Crippen molar-refractivity contribution in [3.8, 4) is 0 Å². The number of carbonyl (C=O) groups excluding carboxylic acids is 2. The third-order valence-corrected chi connectivity index (χ3v) is 7.37. The summed E-state index contributed by atoms with van der Waals surface area (Å²) in [6, 6.07) is 11.5. The lowest BCUT2D eigenvalue weighted by molar-refractivity contribution is -0.125. The van der Waals surface area contributed by atoms with E-state index in [0.717, 1.165) is 71.7 Å². The van der Waals surface area contributed by atoms with E-state index in [4.69, 9.17) is 0 Å².